The van der Waals surface area contributed by atoms with E-state index in [1.54, 1.807) is 0 Å². The van der Waals surface area contributed by atoms with E-state index in [1.807, 2.05) is 6.07 Å². The molecule has 0 bridgehead atoms. The van der Waals surface area contributed by atoms with Crippen molar-refractivity contribution in [2.45, 2.75) is 0 Å². The Bertz CT molecular complexity index is 1680. The second-order valence-corrected chi connectivity index (χ2v) is 9.25. The number of dihydropyridines is 1. The standard InChI is InChI=1S/C31H26N4O/c1-33-21-34(29-14-5-4-13-28(29)33)22-9-8-10-23(19-22)36-24-16-17-26-25-11-2-3-12-27(25)35(30(26)20-24)31-15-6-7-18-32-31/h2-17,19-20,32H,18,21H2,1H3. The number of nitrogens with zero attached hydrogens (tertiary/aromatic N) is 3. The van der Waals surface area contributed by atoms with Gasteiger partial charge in [-0.15, -0.1) is 0 Å². The molecule has 0 saturated carbocycles. The number of ether oxygens (including phenoxy) is 1. The summed E-state index contributed by atoms with van der Waals surface area (Å²) in [5.74, 6) is 2.70. The molecule has 4 aromatic carbocycles. The van der Waals surface area contributed by atoms with E-state index in [2.05, 4.69) is 130 Å². The lowest BCUT2D eigenvalue weighted by molar-refractivity contribution is 0.483. The van der Waals surface area contributed by atoms with Crippen LogP contribution in [0.3, 0.4) is 0 Å². The molecule has 5 nitrogen and oxygen atoms in total. The van der Waals surface area contributed by atoms with Crippen molar-refractivity contribution in [3.63, 3.8) is 0 Å². The van der Waals surface area contributed by atoms with E-state index in [4.69, 9.17) is 4.74 Å². The Morgan fingerprint density at radius 1 is 0.750 bits per heavy atom. The number of anilines is 3. The van der Waals surface area contributed by atoms with Crippen LogP contribution in [0.2, 0.25) is 0 Å². The minimum atomic E-state index is 0.811. The normalized spacial score (nSPS) is 14.8. The minimum Gasteiger partial charge on any atom is -0.457 e. The number of aromatic nitrogens is 1. The van der Waals surface area contributed by atoms with Gasteiger partial charge in [0.15, 0.2) is 0 Å². The molecule has 36 heavy (non-hydrogen) atoms. The summed E-state index contributed by atoms with van der Waals surface area (Å²) in [4.78, 5) is 4.58. The summed E-state index contributed by atoms with van der Waals surface area (Å²) in [6, 6.07) is 31.8. The van der Waals surface area contributed by atoms with Crippen molar-refractivity contribution in [2.24, 2.45) is 0 Å². The van der Waals surface area contributed by atoms with E-state index >= 15 is 0 Å². The molecule has 0 amide bonds. The molecule has 7 rings (SSSR count). The fourth-order valence-electron chi connectivity index (χ4n) is 5.33. The fourth-order valence-corrected chi connectivity index (χ4v) is 5.33. The Labute approximate surface area is 210 Å². The molecule has 0 saturated heterocycles. The highest BCUT2D eigenvalue weighted by Gasteiger charge is 2.24. The monoisotopic (exact) mass is 470 g/mol. The van der Waals surface area contributed by atoms with E-state index in [-0.39, 0.29) is 0 Å². The highest BCUT2D eigenvalue weighted by Crippen LogP contribution is 2.41. The lowest BCUT2D eigenvalue weighted by atomic mass is 10.1. The van der Waals surface area contributed by atoms with Crippen LogP contribution in [0.1, 0.15) is 0 Å². The Morgan fingerprint density at radius 3 is 2.44 bits per heavy atom. The molecule has 5 aromatic rings. The summed E-state index contributed by atoms with van der Waals surface area (Å²) < 4.78 is 8.72. The number of hydrogen-bond acceptors (Lipinski definition) is 4. The molecular formula is C31H26N4O. The Kier molecular flexibility index (Phi) is 4.74. The first-order valence-corrected chi connectivity index (χ1v) is 12.3. The fraction of sp³-hybridized carbons (Fsp3) is 0.0968. The molecule has 1 aromatic heterocycles. The maximum atomic E-state index is 6.43. The molecule has 0 radical (unpaired) electrons. The van der Waals surface area contributed by atoms with Crippen molar-refractivity contribution in [2.75, 3.05) is 30.1 Å². The maximum Gasteiger partial charge on any atom is 0.129 e. The Hall–Kier alpha value is -4.64. The minimum absolute atomic E-state index is 0.811. The molecule has 5 heteroatoms. The lowest BCUT2D eigenvalue weighted by Crippen LogP contribution is -2.23. The van der Waals surface area contributed by atoms with Gasteiger partial charge in [-0.1, -0.05) is 48.6 Å². The summed E-state index contributed by atoms with van der Waals surface area (Å²) in [6.07, 6.45) is 6.35. The molecule has 1 N–H and O–H groups in total. The van der Waals surface area contributed by atoms with Crippen molar-refractivity contribution in [1.82, 2.24) is 9.88 Å². The summed E-state index contributed by atoms with van der Waals surface area (Å²) >= 11 is 0. The number of para-hydroxylation sites is 3. The number of fused-ring (bicyclic) bond motifs is 4. The average molecular weight is 471 g/mol. The molecule has 176 valence electrons. The van der Waals surface area contributed by atoms with E-state index in [1.165, 1.54) is 27.7 Å². The van der Waals surface area contributed by atoms with Crippen molar-refractivity contribution in [1.29, 1.82) is 0 Å². The first-order chi connectivity index (χ1) is 17.8. The average Bonchev–Trinajstić information content (AvgIpc) is 3.44. The Morgan fingerprint density at radius 2 is 1.56 bits per heavy atom. The van der Waals surface area contributed by atoms with Crippen LogP contribution in [0.15, 0.2) is 109 Å². The van der Waals surface area contributed by atoms with Gasteiger partial charge < -0.3 is 19.9 Å². The van der Waals surface area contributed by atoms with Gasteiger partial charge in [-0.25, -0.2) is 0 Å². The van der Waals surface area contributed by atoms with Gasteiger partial charge in [-0.3, -0.25) is 4.57 Å². The topological polar surface area (TPSA) is 32.7 Å². The molecule has 3 heterocycles. The van der Waals surface area contributed by atoms with Crippen LogP contribution in [0.4, 0.5) is 17.1 Å². The third-order valence-electron chi connectivity index (χ3n) is 6.98. The molecule has 0 unspecified atom stereocenters. The van der Waals surface area contributed by atoms with E-state index in [0.717, 1.165) is 41.7 Å². The second kappa shape index (κ2) is 8.24. The van der Waals surface area contributed by atoms with Gasteiger partial charge in [0.1, 0.15) is 17.3 Å². The summed E-state index contributed by atoms with van der Waals surface area (Å²) in [5.41, 5.74) is 5.86. The van der Waals surface area contributed by atoms with Gasteiger partial charge in [0, 0.05) is 42.2 Å². The van der Waals surface area contributed by atoms with Crippen molar-refractivity contribution < 1.29 is 4.74 Å². The van der Waals surface area contributed by atoms with Gasteiger partial charge in [-0.2, -0.15) is 0 Å². The van der Waals surface area contributed by atoms with Crippen LogP contribution in [-0.4, -0.2) is 24.8 Å². The van der Waals surface area contributed by atoms with Crippen molar-refractivity contribution >= 4 is 44.7 Å². The third-order valence-corrected chi connectivity index (χ3v) is 6.98. The van der Waals surface area contributed by atoms with Crippen LogP contribution in [0.5, 0.6) is 11.5 Å². The van der Waals surface area contributed by atoms with Gasteiger partial charge in [0.25, 0.3) is 0 Å². The largest absolute Gasteiger partial charge is 0.457 e. The summed E-state index contributed by atoms with van der Waals surface area (Å²) in [6.45, 7) is 1.63. The maximum absolute atomic E-state index is 6.43. The Balaban J connectivity index is 1.27. The zero-order valence-corrected chi connectivity index (χ0v) is 20.1. The predicted molar refractivity (Wildman–Crippen MR) is 149 cm³/mol. The molecular weight excluding hydrogens is 444 g/mol. The van der Waals surface area contributed by atoms with Gasteiger partial charge in [0.05, 0.1) is 29.1 Å². The molecule has 2 aliphatic heterocycles. The van der Waals surface area contributed by atoms with Crippen LogP contribution < -0.4 is 19.9 Å². The SMILES string of the molecule is CN1CN(c2cccc(Oc3ccc4c5ccccc5n(C5=CC=CCN5)c4c3)c2)c2ccccc21. The zero-order valence-electron chi connectivity index (χ0n) is 20.1. The summed E-state index contributed by atoms with van der Waals surface area (Å²) in [5, 5.41) is 5.95. The molecule has 0 atom stereocenters. The van der Waals surface area contributed by atoms with Crippen molar-refractivity contribution in [3.05, 3.63) is 109 Å². The van der Waals surface area contributed by atoms with Crippen molar-refractivity contribution in [3.8, 4) is 11.5 Å². The quantitative estimate of drug-likeness (QED) is 0.304. The third kappa shape index (κ3) is 3.32. The number of nitrogens with one attached hydrogen (secondary N) is 1. The van der Waals surface area contributed by atoms with Crippen LogP contribution in [0, 0.1) is 0 Å². The summed E-state index contributed by atoms with van der Waals surface area (Å²) in [7, 11) is 2.12. The number of rotatable bonds is 4. The highest BCUT2D eigenvalue weighted by atomic mass is 16.5. The lowest BCUT2D eigenvalue weighted by Gasteiger charge is -2.20. The first-order valence-electron chi connectivity index (χ1n) is 12.3. The smallest absolute Gasteiger partial charge is 0.129 e. The first kappa shape index (κ1) is 20.7. The van der Waals surface area contributed by atoms with Gasteiger partial charge in [0.2, 0.25) is 0 Å². The van der Waals surface area contributed by atoms with Gasteiger partial charge in [-0.05, 0) is 48.5 Å². The second-order valence-electron chi connectivity index (χ2n) is 9.25. The van der Waals surface area contributed by atoms with Crippen LogP contribution in [-0.2, 0) is 0 Å². The predicted octanol–water partition coefficient (Wildman–Crippen LogP) is 7.09. The van der Waals surface area contributed by atoms with E-state index < -0.39 is 0 Å². The van der Waals surface area contributed by atoms with Gasteiger partial charge >= 0.3 is 0 Å². The highest BCUT2D eigenvalue weighted by molar-refractivity contribution is 6.10. The number of hydrogen-bond donors (Lipinski definition) is 1. The van der Waals surface area contributed by atoms with Crippen LogP contribution in [0.25, 0.3) is 27.6 Å². The number of benzene rings is 4. The van der Waals surface area contributed by atoms with Crippen LogP contribution >= 0.6 is 0 Å². The molecule has 0 spiro atoms. The van der Waals surface area contributed by atoms with E-state index in [0.29, 0.717) is 0 Å². The molecule has 0 fully saturated rings. The number of allylic oxidation sites excluding steroid dienone is 2. The molecule has 0 aliphatic carbocycles. The van der Waals surface area contributed by atoms with E-state index in [9.17, 15) is 0 Å². The zero-order chi connectivity index (χ0) is 24.1. The molecule has 2 aliphatic rings.